The maximum atomic E-state index is 13.5. The molecular weight excluding hydrogens is 464 g/mol. The average Bonchev–Trinajstić information content (AvgIpc) is 2.78. The van der Waals surface area contributed by atoms with Gasteiger partial charge in [-0.1, -0.05) is 35.4 Å². The highest BCUT2D eigenvalue weighted by Gasteiger charge is 2.38. The summed E-state index contributed by atoms with van der Waals surface area (Å²) in [5.74, 6) is 0.204. The molecule has 7 nitrogen and oxygen atoms in total. The zero-order valence-electron chi connectivity index (χ0n) is 18.3. The van der Waals surface area contributed by atoms with Crippen LogP contribution in [-0.4, -0.2) is 34.1 Å². The van der Waals surface area contributed by atoms with E-state index in [1.807, 2.05) is 13.8 Å². The number of aryl methyl sites for hydroxylation is 2. The van der Waals surface area contributed by atoms with Gasteiger partial charge in [0.15, 0.2) is 6.10 Å². The van der Waals surface area contributed by atoms with Crippen molar-refractivity contribution >= 4 is 38.9 Å². The second-order valence-electron chi connectivity index (χ2n) is 7.76. The Morgan fingerprint density at radius 3 is 2.45 bits per heavy atom. The maximum Gasteiger partial charge on any atom is 0.267 e. The molecule has 1 aliphatic heterocycles. The molecule has 0 unspecified atom stereocenters. The molecule has 172 valence electrons. The number of amides is 1. The molecule has 4 rings (SSSR count). The molecule has 0 saturated heterocycles. The van der Waals surface area contributed by atoms with Crippen molar-refractivity contribution in [2.75, 3.05) is 23.3 Å². The molecule has 9 heteroatoms. The Hall–Kier alpha value is -3.23. The summed E-state index contributed by atoms with van der Waals surface area (Å²) in [5, 5.41) is 3.16. The number of benzene rings is 3. The van der Waals surface area contributed by atoms with Crippen LogP contribution in [0.3, 0.4) is 0 Å². The third kappa shape index (κ3) is 4.62. The largest absolute Gasteiger partial charge is 0.495 e. The van der Waals surface area contributed by atoms with Gasteiger partial charge < -0.3 is 14.8 Å². The van der Waals surface area contributed by atoms with Gasteiger partial charge in [-0.2, -0.15) is 0 Å². The van der Waals surface area contributed by atoms with E-state index in [9.17, 15) is 13.2 Å². The van der Waals surface area contributed by atoms with Crippen LogP contribution in [0.25, 0.3) is 0 Å². The number of nitrogens with zero attached hydrogens (tertiary/aromatic N) is 1. The summed E-state index contributed by atoms with van der Waals surface area (Å²) in [6, 6.07) is 16.6. The van der Waals surface area contributed by atoms with Crippen molar-refractivity contribution in [3.05, 3.63) is 76.8 Å². The number of anilines is 2. The number of nitrogens with one attached hydrogen (secondary N) is 1. The Labute approximate surface area is 197 Å². The molecule has 0 bridgehead atoms. The lowest BCUT2D eigenvalue weighted by atomic mass is 10.1. The van der Waals surface area contributed by atoms with Crippen molar-refractivity contribution in [1.82, 2.24) is 0 Å². The maximum absolute atomic E-state index is 13.5. The Morgan fingerprint density at radius 2 is 1.76 bits per heavy atom. The van der Waals surface area contributed by atoms with Crippen LogP contribution in [0.4, 0.5) is 11.4 Å². The molecule has 1 aliphatic rings. The zero-order chi connectivity index (χ0) is 23.8. The summed E-state index contributed by atoms with van der Waals surface area (Å²) in [4.78, 5) is 13.3. The highest BCUT2D eigenvalue weighted by Crippen LogP contribution is 2.38. The first-order valence-electron chi connectivity index (χ1n) is 10.2. The third-order valence-corrected chi connectivity index (χ3v) is 7.33. The molecule has 0 saturated carbocycles. The van der Waals surface area contributed by atoms with Gasteiger partial charge in [0.1, 0.15) is 11.5 Å². The molecule has 0 aromatic heterocycles. The molecule has 0 radical (unpaired) electrons. The summed E-state index contributed by atoms with van der Waals surface area (Å²) >= 11 is 6.06. The van der Waals surface area contributed by atoms with E-state index in [4.69, 9.17) is 21.1 Å². The van der Waals surface area contributed by atoms with E-state index < -0.39 is 22.0 Å². The molecule has 3 aromatic carbocycles. The Morgan fingerprint density at radius 1 is 1.06 bits per heavy atom. The number of methoxy groups -OCH3 is 1. The molecule has 3 aromatic rings. The van der Waals surface area contributed by atoms with Gasteiger partial charge in [-0.05, 0) is 61.9 Å². The van der Waals surface area contributed by atoms with Crippen molar-refractivity contribution in [3.63, 3.8) is 0 Å². The van der Waals surface area contributed by atoms with Crippen LogP contribution < -0.4 is 19.1 Å². The fourth-order valence-electron chi connectivity index (χ4n) is 3.55. The first-order valence-corrected chi connectivity index (χ1v) is 12.0. The molecule has 1 N–H and O–H groups in total. The number of halogens is 1. The van der Waals surface area contributed by atoms with Gasteiger partial charge in [0, 0.05) is 5.02 Å². The van der Waals surface area contributed by atoms with Crippen molar-refractivity contribution in [2.45, 2.75) is 24.8 Å². The predicted molar refractivity (Wildman–Crippen MR) is 128 cm³/mol. The number of hydrogen-bond donors (Lipinski definition) is 1. The van der Waals surface area contributed by atoms with Crippen LogP contribution in [-0.2, 0) is 14.8 Å². The van der Waals surface area contributed by atoms with E-state index in [2.05, 4.69) is 5.32 Å². The number of fused-ring (bicyclic) bond motifs is 1. The van der Waals surface area contributed by atoms with Gasteiger partial charge in [0.05, 0.1) is 29.9 Å². The lowest BCUT2D eigenvalue weighted by Crippen LogP contribution is -2.48. The Kier molecular flexibility index (Phi) is 6.23. The highest BCUT2D eigenvalue weighted by molar-refractivity contribution is 7.92. The average molecular weight is 487 g/mol. The predicted octanol–water partition coefficient (Wildman–Crippen LogP) is 4.56. The fraction of sp³-hybridized carbons (Fsp3) is 0.208. The lowest BCUT2D eigenvalue weighted by Gasteiger charge is -2.35. The van der Waals surface area contributed by atoms with Crippen LogP contribution >= 0.6 is 11.6 Å². The molecule has 1 atom stereocenters. The van der Waals surface area contributed by atoms with Gasteiger partial charge in [-0.25, -0.2) is 8.42 Å². The van der Waals surface area contributed by atoms with Gasteiger partial charge in [-0.3, -0.25) is 9.10 Å². The molecule has 0 spiro atoms. The minimum absolute atomic E-state index is 0.137. The summed E-state index contributed by atoms with van der Waals surface area (Å²) in [7, 11) is -2.46. The summed E-state index contributed by atoms with van der Waals surface area (Å²) in [5.41, 5.74) is 2.56. The molecule has 0 aliphatic carbocycles. The monoisotopic (exact) mass is 486 g/mol. The molecule has 1 heterocycles. The van der Waals surface area contributed by atoms with Crippen LogP contribution in [0.15, 0.2) is 65.6 Å². The van der Waals surface area contributed by atoms with Crippen molar-refractivity contribution in [1.29, 1.82) is 0 Å². The van der Waals surface area contributed by atoms with Crippen molar-refractivity contribution in [2.24, 2.45) is 0 Å². The first-order chi connectivity index (χ1) is 15.7. The van der Waals surface area contributed by atoms with E-state index in [1.165, 1.54) is 11.4 Å². The van der Waals surface area contributed by atoms with Crippen LogP contribution in [0.1, 0.15) is 11.1 Å². The number of carbonyl (C=O) groups is 1. The number of sulfonamides is 1. The van der Waals surface area contributed by atoms with Crippen molar-refractivity contribution < 1.29 is 22.7 Å². The Balaban J connectivity index is 1.70. The summed E-state index contributed by atoms with van der Waals surface area (Å²) in [6.07, 6.45) is -1.09. The van der Waals surface area contributed by atoms with E-state index >= 15 is 0 Å². The van der Waals surface area contributed by atoms with Crippen LogP contribution in [0.2, 0.25) is 5.02 Å². The van der Waals surface area contributed by atoms with Gasteiger partial charge in [-0.15, -0.1) is 0 Å². The van der Waals surface area contributed by atoms with Crippen LogP contribution in [0, 0.1) is 13.8 Å². The fourth-order valence-corrected chi connectivity index (χ4v) is 5.19. The molecular formula is C24H23ClN2O5S. The summed E-state index contributed by atoms with van der Waals surface area (Å²) in [6.45, 7) is 3.55. The Bertz CT molecular complexity index is 1310. The second kappa shape index (κ2) is 8.96. The highest BCUT2D eigenvalue weighted by atomic mass is 35.5. The van der Waals surface area contributed by atoms with E-state index in [0.717, 1.165) is 11.1 Å². The number of rotatable bonds is 5. The zero-order valence-corrected chi connectivity index (χ0v) is 19.9. The number of ether oxygens (including phenoxy) is 2. The topological polar surface area (TPSA) is 84.9 Å². The van der Waals surface area contributed by atoms with Gasteiger partial charge >= 0.3 is 0 Å². The summed E-state index contributed by atoms with van der Waals surface area (Å²) < 4.78 is 39.5. The van der Waals surface area contributed by atoms with E-state index in [1.54, 1.807) is 60.7 Å². The third-order valence-electron chi connectivity index (χ3n) is 5.30. The van der Waals surface area contributed by atoms with Crippen LogP contribution in [0.5, 0.6) is 11.5 Å². The molecule has 1 amide bonds. The quantitative estimate of drug-likeness (QED) is 0.571. The van der Waals surface area contributed by atoms with Crippen molar-refractivity contribution in [3.8, 4) is 11.5 Å². The number of hydrogen-bond acceptors (Lipinski definition) is 5. The SMILES string of the molecule is COc1ccc(Cl)cc1NC(=O)[C@@H]1CN(S(=O)(=O)c2ccc(C)cc2)c2cc(C)ccc2O1. The second-order valence-corrected chi connectivity index (χ2v) is 10.1. The van der Waals surface area contributed by atoms with Gasteiger partial charge in [0.2, 0.25) is 0 Å². The van der Waals surface area contributed by atoms with E-state index in [-0.39, 0.29) is 11.4 Å². The standard InChI is InChI=1S/C24H23ClN2O5S/c1-15-4-8-18(9-5-15)33(29,30)27-14-23(32-22-10-6-16(2)12-20(22)27)24(28)26-19-13-17(25)7-11-21(19)31-3/h4-13,23H,14H2,1-3H3,(H,26,28)/t23-/m0/s1. The molecule has 33 heavy (non-hydrogen) atoms. The lowest BCUT2D eigenvalue weighted by molar-refractivity contribution is -0.122. The molecule has 0 fully saturated rings. The minimum Gasteiger partial charge on any atom is -0.495 e. The smallest absolute Gasteiger partial charge is 0.267 e. The minimum atomic E-state index is -3.94. The normalized spacial score (nSPS) is 15.4. The number of carbonyl (C=O) groups excluding carboxylic acids is 1. The first kappa shape index (κ1) is 22.9. The van der Waals surface area contributed by atoms with Gasteiger partial charge in [0.25, 0.3) is 15.9 Å². The van der Waals surface area contributed by atoms with E-state index in [0.29, 0.717) is 27.9 Å².